The van der Waals surface area contributed by atoms with Crippen molar-refractivity contribution in [3.63, 3.8) is 0 Å². The smallest absolute Gasteiger partial charge is 0.115 e. The van der Waals surface area contributed by atoms with E-state index in [2.05, 4.69) is 231 Å². The molecule has 10 aromatic rings. The molecule has 0 spiro atoms. The van der Waals surface area contributed by atoms with Gasteiger partial charge in [0, 0.05) is 11.1 Å². The highest BCUT2D eigenvalue weighted by Crippen LogP contribution is 2.46. The number of benzene rings is 9. The van der Waals surface area contributed by atoms with Crippen LogP contribution in [0.2, 0.25) is 0 Å². The number of anilines is 2. The summed E-state index contributed by atoms with van der Waals surface area (Å²) in [5.74, 6) is 0. The molecule has 0 bridgehead atoms. The molecule has 9 aromatic carbocycles. The van der Waals surface area contributed by atoms with Crippen molar-refractivity contribution in [3.05, 3.63) is 275 Å². The second-order valence-electron chi connectivity index (χ2n) is 15.4. The van der Waals surface area contributed by atoms with Crippen LogP contribution in [0.4, 0.5) is 11.4 Å². The molecular formula is C58H42N4S. The second-order valence-corrected chi connectivity index (χ2v) is 15.9. The van der Waals surface area contributed by atoms with Crippen molar-refractivity contribution < 1.29 is 0 Å². The molecule has 1 heterocycles. The first-order chi connectivity index (χ1) is 31.1. The molecule has 1 aromatic heterocycles. The second kappa shape index (κ2) is 17.5. The summed E-state index contributed by atoms with van der Waals surface area (Å²) in [6.45, 7) is 0. The summed E-state index contributed by atoms with van der Waals surface area (Å²) in [7, 11) is 0. The Bertz CT molecular complexity index is 2910. The Morgan fingerprint density at radius 3 is 0.698 bits per heavy atom. The van der Waals surface area contributed by atoms with E-state index in [0.29, 0.717) is 11.4 Å². The highest BCUT2D eigenvalue weighted by molar-refractivity contribution is 7.00. The van der Waals surface area contributed by atoms with Gasteiger partial charge in [0.05, 0.1) is 23.1 Å². The van der Waals surface area contributed by atoms with Gasteiger partial charge in [-0.1, -0.05) is 231 Å². The number of rotatable bonds is 10. The van der Waals surface area contributed by atoms with E-state index in [4.69, 9.17) is 20.2 Å². The molecule has 0 atom stereocenters. The zero-order chi connectivity index (χ0) is 42.5. The summed E-state index contributed by atoms with van der Waals surface area (Å²) in [5.41, 5.74) is 33.6. The van der Waals surface area contributed by atoms with Crippen LogP contribution in [0, 0.1) is 0 Å². The van der Waals surface area contributed by atoms with E-state index in [1.165, 1.54) is 11.7 Å². The Balaban J connectivity index is 1.08. The van der Waals surface area contributed by atoms with Crippen LogP contribution in [0.15, 0.2) is 231 Å². The van der Waals surface area contributed by atoms with Crippen LogP contribution >= 0.6 is 11.7 Å². The molecule has 63 heavy (non-hydrogen) atoms. The van der Waals surface area contributed by atoms with Gasteiger partial charge in [-0.2, -0.15) is 8.75 Å². The standard InChI is InChI=1S/C58H42N4S/c59-55-53(47-35-31-45(32-36-47)51(43-27-15-5-16-28-43)49(39-19-7-1-8-20-39)40-21-9-2-10-22-40)57-58(62-63-61-57)54(56(55)60)48-37-33-46(34-38-48)52(44-29-17-6-18-30-44)50(41-23-11-3-12-24-41)42-25-13-4-14-26-42/h1-38H,59-60H2. The summed E-state index contributed by atoms with van der Waals surface area (Å²) in [6, 6.07) is 80.7. The summed E-state index contributed by atoms with van der Waals surface area (Å²) in [6.07, 6.45) is 0. The number of nitrogens with zero attached hydrogens (tertiary/aromatic N) is 2. The van der Waals surface area contributed by atoms with Gasteiger partial charge in [0.25, 0.3) is 0 Å². The molecule has 0 fully saturated rings. The summed E-state index contributed by atoms with van der Waals surface area (Å²) >= 11 is 1.17. The summed E-state index contributed by atoms with van der Waals surface area (Å²) in [4.78, 5) is 0. The van der Waals surface area contributed by atoms with Gasteiger partial charge in [-0.05, 0) is 77.9 Å². The lowest BCUT2D eigenvalue weighted by atomic mass is 9.85. The first-order valence-electron chi connectivity index (χ1n) is 21.0. The molecule has 300 valence electrons. The molecule has 0 saturated heterocycles. The van der Waals surface area contributed by atoms with Crippen molar-refractivity contribution in [1.29, 1.82) is 0 Å². The van der Waals surface area contributed by atoms with Crippen LogP contribution in [0.3, 0.4) is 0 Å². The van der Waals surface area contributed by atoms with Gasteiger partial charge in [-0.3, -0.25) is 0 Å². The Hall–Kier alpha value is -8.12. The van der Waals surface area contributed by atoms with E-state index in [0.717, 1.165) is 100 Å². The maximum Gasteiger partial charge on any atom is 0.115 e. The van der Waals surface area contributed by atoms with Crippen molar-refractivity contribution >= 4 is 56.4 Å². The van der Waals surface area contributed by atoms with E-state index in [1.807, 2.05) is 0 Å². The SMILES string of the molecule is Nc1c(N)c(-c2ccc(C(=C(c3ccccc3)c3ccccc3)c3ccccc3)cc2)c2nsnc2c1-c1ccc(C(=C(c2ccccc2)c2ccccc2)c2ccccc2)cc1. The van der Waals surface area contributed by atoms with Crippen molar-refractivity contribution in [1.82, 2.24) is 8.75 Å². The minimum atomic E-state index is 0.482. The Kier molecular flexibility index (Phi) is 10.8. The zero-order valence-electron chi connectivity index (χ0n) is 34.4. The first kappa shape index (κ1) is 39.0. The Labute approximate surface area is 372 Å². The molecule has 4 nitrogen and oxygen atoms in total. The lowest BCUT2D eigenvalue weighted by Gasteiger charge is -2.19. The normalized spacial score (nSPS) is 11.0. The molecule has 5 heteroatoms. The van der Waals surface area contributed by atoms with Crippen LogP contribution in [-0.2, 0) is 0 Å². The molecule has 0 amide bonds. The van der Waals surface area contributed by atoms with Crippen LogP contribution in [-0.4, -0.2) is 8.75 Å². The van der Waals surface area contributed by atoms with Crippen molar-refractivity contribution in [2.45, 2.75) is 0 Å². The molecule has 0 aliphatic heterocycles. The van der Waals surface area contributed by atoms with Crippen molar-refractivity contribution in [3.8, 4) is 22.3 Å². The third-order valence-electron chi connectivity index (χ3n) is 11.6. The largest absolute Gasteiger partial charge is 0.396 e. The zero-order valence-corrected chi connectivity index (χ0v) is 35.2. The quantitative estimate of drug-likeness (QED) is 0.106. The maximum atomic E-state index is 7.08. The van der Waals surface area contributed by atoms with Gasteiger partial charge < -0.3 is 11.5 Å². The van der Waals surface area contributed by atoms with Gasteiger partial charge in [0.2, 0.25) is 0 Å². The van der Waals surface area contributed by atoms with E-state index in [1.54, 1.807) is 0 Å². The van der Waals surface area contributed by atoms with Gasteiger partial charge in [0.1, 0.15) is 11.0 Å². The Morgan fingerprint density at radius 1 is 0.270 bits per heavy atom. The predicted molar refractivity (Wildman–Crippen MR) is 266 cm³/mol. The fraction of sp³-hybridized carbons (Fsp3) is 0. The number of hydrogen-bond donors (Lipinski definition) is 2. The monoisotopic (exact) mass is 826 g/mol. The number of nitrogens with two attached hydrogens (primary N) is 2. The van der Waals surface area contributed by atoms with Crippen LogP contribution < -0.4 is 11.5 Å². The van der Waals surface area contributed by atoms with Gasteiger partial charge in [0.15, 0.2) is 0 Å². The highest BCUT2D eigenvalue weighted by atomic mass is 32.1. The van der Waals surface area contributed by atoms with Gasteiger partial charge in [-0.15, -0.1) is 0 Å². The van der Waals surface area contributed by atoms with E-state index in [9.17, 15) is 0 Å². The Morgan fingerprint density at radius 2 is 0.476 bits per heavy atom. The fourth-order valence-electron chi connectivity index (χ4n) is 8.68. The first-order valence-corrected chi connectivity index (χ1v) is 21.7. The molecule has 0 saturated carbocycles. The van der Waals surface area contributed by atoms with Crippen LogP contribution in [0.25, 0.3) is 55.6 Å². The minimum absolute atomic E-state index is 0.482. The topological polar surface area (TPSA) is 77.8 Å². The lowest BCUT2D eigenvalue weighted by molar-refractivity contribution is 1.49. The maximum absolute atomic E-state index is 7.08. The van der Waals surface area contributed by atoms with E-state index >= 15 is 0 Å². The molecule has 10 rings (SSSR count). The third-order valence-corrected chi connectivity index (χ3v) is 12.1. The van der Waals surface area contributed by atoms with Crippen molar-refractivity contribution in [2.24, 2.45) is 0 Å². The van der Waals surface area contributed by atoms with Gasteiger partial charge >= 0.3 is 0 Å². The van der Waals surface area contributed by atoms with Crippen LogP contribution in [0.1, 0.15) is 44.5 Å². The highest BCUT2D eigenvalue weighted by Gasteiger charge is 2.23. The summed E-state index contributed by atoms with van der Waals surface area (Å²) in [5, 5.41) is 0. The fourth-order valence-corrected chi connectivity index (χ4v) is 9.24. The number of nitrogen functional groups attached to an aromatic ring is 2. The van der Waals surface area contributed by atoms with Crippen molar-refractivity contribution in [2.75, 3.05) is 11.5 Å². The molecule has 0 unspecified atom stereocenters. The van der Waals surface area contributed by atoms with E-state index in [-0.39, 0.29) is 0 Å². The molecule has 0 aliphatic rings. The average Bonchev–Trinajstić information content (AvgIpc) is 3.84. The average molecular weight is 827 g/mol. The summed E-state index contributed by atoms with van der Waals surface area (Å²) < 4.78 is 9.70. The molecule has 0 radical (unpaired) electrons. The predicted octanol–water partition coefficient (Wildman–Crippen LogP) is 14.2. The molecule has 4 N–H and O–H groups in total. The number of fused-ring (bicyclic) bond motifs is 1. The van der Waals surface area contributed by atoms with Gasteiger partial charge in [-0.25, -0.2) is 0 Å². The molecular weight excluding hydrogens is 785 g/mol. The number of aromatic nitrogens is 2. The molecule has 0 aliphatic carbocycles. The van der Waals surface area contributed by atoms with E-state index < -0.39 is 0 Å². The number of hydrogen-bond acceptors (Lipinski definition) is 5. The minimum Gasteiger partial charge on any atom is -0.396 e. The van der Waals surface area contributed by atoms with Crippen LogP contribution in [0.5, 0.6) is 0 Å². The lowest BCUT2D eigenvalue weighted by Crippen LogP contribution is -2.02. The third kappa shape index (κ3) is 7.63.